The van der Waals surface area contributed by atoms with Crippen LogP contribution in [0, 0.1) is 30.2 Å². The summed E-state index contributed by atoms with van der Waals surface area (Å²) in [6.45, 7) is 7.31. The number of allylic oxidation sites excluding steroid dienone is 1. The van der Waals surface area contributed by atoms with E-state index in [1.165, 1.54) is 24.4 Å². The third kappa shape index (κ3) is 6.04. The van der Waals surface area contributed by atoms with Crippen molar-refractivity contribution in [1.82, 2.24) is 9.71 Å². The molecule has 6 nitrogen and oxygen atoms in total. The summed E-state index contributed by atoms with van der Waals surface area (Å²) in [7, 11) is 0. The van der Waals surface area contributed by atoms with Gasteiger partial charge in [0.1, 0.15) is 5.82 Å². The van der Waals surface area contributed by atoms with Crippen LogP contribution < -0.4 is 20.5 Å². The molecule has 0 aliphatic carbocycles. The first-order valence-corrected chi connectivity index (χ1v) is 11.3. The minimum absolute atomic E-state index is 0.00331. The molecule has 0 aliphatic rings. The van der Waals surface area contributed by atoms with Crippen LogP contribution >= 0.6 is 12.1 Å². The highest BCUT2D eigenvalue weighted by Crippen LogP contribution is 2.31. The summed E-state index contributed by atoms with van der Waals surface area (Å²) in [6.07, 6.45) is 1.57. The van der Waals surface area contributed by atoms with E-state index in [2.05, 4.69) is 26.3 Å². The molecule has 184 valence electrons. The predicted molar refractivity (Wildman–Crippen MR) is 130 cm³/mol. The molecule has 0 fully saturated rings. The lowest BCUT2D eigenvalue weighted by atomic mass is 10.00. The van der Waals surface area contributed by atoms with Gasteiger partial charge in [-0.3, -0.25) is 9.52 Å². The molecule has 0 unspecified atom stereocenters. The Hall–Kier alpha value is -3.73. The van der Waals surface area contributed by atoms with Crippen molar-refractivity contribution in [2.24, 2.45) is 5.73 Å². The summed E-state index contributed by atoms with van der Waals surface area (Å²) < 4.78 is 64.7. The molecule has 1 aromatic heterocycles. The lowest BCUT2D eigenvalue weighted by molar-refractivity contribution is 0.100. The smallest absolute Gasteiger partial charge is 0.250 e. The van der Waals surface area contributed by atoms with Gasteiger partial charge in [0.15, 0.2) is 23.3 Å². The van der Waals surface area contributed by atoms with Crippen LogP contribution in [0.15, 0.2) is 48.8 Å². The molecule has 2 aromatic carbocycles. The van der Waals surface area contributed by atoms with Crippen LogP contribution in [0.2, 0.25) is 0 Å². The number of primary amides is 1. The number of carbonyl (C=O) groups is 1. The van der Waals surface area contributed by atoms with Gasteiger partial charge in [-0.2, -0.15) is 0 Å². The summed E-state index contributed by atoms with van der Waals surface area (Å²) >= 11 is 0.949. The number of benzene rings is 2. The highest BCUT2D eigenvalue weighted by atomic mass is 32.2. The highest BCUT2D eigenvalue weighted by molar-refractivity contribution is 7.98. The fraction of sp³-hybridized carbons (Fsp3) is 0.167. The summed E-state index contributed by atoms with van der Waals surface area (Å²) in [5, 5.41) is 2.41. The van der Waals surface area contributed by atoms with Gasteiger partial charge in [0, 0.05) is 18.3 Å². The number of carbonyl (C=O) groups excluding carboxylic acids is 1. The van der Waals surface area contributed by atoms with Crippen molar-refractivity contribution in [3.05, 3.63) is 94.3 Å². The molecule has 3 aromatic rings. The van der Waals surface area contributed by atoms with E-state index in [9.17, 15) is 18.0 Å². The van der Waals surface area contributed by atoms with Crippen LogP contribution in [0.3, 0.4) is 0 Å². The Morgan fingerprint density at radius 3 is 2.49 bits per heavy atom. The quantitative estimate of drug-likeness (QED) is 0.204. The van der Waals surface area contributed by atoms with E-state index < -0.39 is 46.8 Å². The number of hydrogen-bond acceptors (Lipinski definition) is 6. The number of halogens is 4. The first-order chi connectivity index (χ1) is 16.6. The van der Waals surface area contributed by atoms with Gasteiger partial charge in [-0.15, -0.1) is 0 Å². The zero-order valence-corrected chi connectivity index (χ0v) is 19.8. The van der Waals surface area contributed by atoms with E-state index in [1.807, 2.05) is 6.92 Å². The standard InChI is InChI=1S/C24H23F4N5OS/c1-4-13(3)32-35-33-24-20(27)14(7-8-30-24)10-15-11-16(23(29)34)22(21(28)19(15)26)31-18-6-5-12(2)9-17(18)25/h5-9,11,31-32H,3-4,10H2,1-2H3,(H2,29,34)(H,30,33). The second-order valence-corrected chi connectivity index (χ2v) is 8.24. The largest absolute Gasteiger partial charge is 0.366 e. The summed E-state index contributed by atoms with van der Waals surface area (Å²) in [4.78, 5) is 15.9. The molecule has 3 rings (SSSR count). The lowest BCUT2D eigenvalue weighted by Crippen LogP contribution is -2.17. The molecule has 1 heterocycles. The number of aryl methyl sites for hydroxylation is 1. The Kier molecular flexibility index (Phi) is 8.23. The van der Waals surface area contributed by atoms with Crippen molar-refractivity contribution in [3.8, 4) is 0 Å². The van der Waals surface area contributed by atoms with E-state index in [0.717, 1.165) is 18.2 Å². The number of nitrogens with one attached hydrogen (secondary N) is 3. The number of nitrogens with zero attached hydrogens (tertiary/aromatic N) is 1. The minimum atomic E-state index is -1.44. The van der Waals surface area contributed by atoms with Gasteiger partial charge in [-0.05, 0) is 54.3 Å². The van der Waals surface area contributed by atoms with Gasteiger partial charge < -0.3 is 15.8 Å². The molecule has 0 spiro atoms. The molecular formula is C24H23F4N5OS. The van der Waals surface area contributed by atoms with Gasteiger partial charge in [0.25, 0.3) is 5.91 Å². The van der Waals surface area contributed by atoms with E-state index in [0.29, 0.717) is 17.7 Å². The zero-order valence-electron chi connectivity index (χ0n) is 18.9. The molecule has 0 atom stereocenters. The van der Waals surface area contributed by atoms with Crippen molar-refractivity contribution in [2.45, 2.75) is 26.7 Å². The topological polar surface area (TPSA) is 92.1 Å². The molecule has 35 heavy (non-hydrogen) atoms. The molecule has 0 aliphatic heterocycles. The summed E-state index contributed by atoms with van der Waals surface area (Å²) in [5.74, 6) is -5.48. The summed E-state index contributed by atoms with van der Waals surface area (Å²) in [5.41, 5.74) is 5.19. The number of aromatic nitrogens is 1. The van der Waals surface area contributed by atoms with E-state index in [4.69, 9.17) is 5.73 Å². The second kappa shape index (κ2) is 11.1. The SMILES string of the molecule is C=C(CC)NSNc1nccc(Cc2cc(C(N)=O)c(Nc3ccc(C)cc3F)c(F)c2F)c1F. The predicted octanol–water partition coefficient (Wildman–Crippen LogP) is 5.87. The fourth-order valence-electron chi connectivity index (χ4n) is 3.09. The van der Waals surface area contributed by atoms with Crippen molar-refractivity contribution in [2.75, 3.05) is 10.0 Å². The third-order valence-electron chi connectivity index (χ3n) is 5.05. The Morgan fingerprint density at radius 1 is 1.09 bits per heavy atom. The first kappa shape index (κ1) is 25.9. The van der Waals surface area contributed by atoms with Gasteiger partial charge in [-0.25, -0.2) is 22.5 Å². The van der Waals surface area contributed by atoms with Crippen LogP contribution in [0.25, 0.3) is 0 Å². The maximum Gasteiger partial charge on any atom is 0.250 e. The van der Waals surface area contributed by atoms with Crippen LogP contribution in [0.4, 0.5) is 34.8 Å². The van der Waals surface area contributed by atoms with Crippen molar-refractivity contribution in [3.63, 3.8) is 0 Å². The van der Waals surface area contributed by atoms with Gasteiger partial charge in [-0.1, -0.05) is 19.6 Å². The average Bonchev–Trinajstić information content (AvgIpc) is 2.81. The Labute approximate surface area is 204 Å². The zero-order chi connectivity index (χ0) is 25.7. The number of rotatable bonds is 10. The molecular weight excluding hydrogens is 482 g/mol. The highest BCUT2D eigenvalue weighted by Gasteiger charge is 2.23. The Balaban J connectivity index is 1.93. The Bertz CT molecular complexity index is 1290. The first-order valence-electron chi connectivity index (χ1n) is 10.4. The summed E-state index contributed by atoms with van der Waals surface area (Å²) in [6, 6.07) is 6.40. The molecule has 1 amide bonds. The maximum absolute atomic E-state index is 15.0. The van der Waals surface area contributed by atoms with E-state index in [1.54, 1.807) is 13.0 Å². The van der Waals surface area contributed by atoms with E-state index in [-0.39, 0.29) is 22.6 Å². The maximum atomic E-state index is 15.0. The average molecular weight is 506 g/mol. The van der Waals surface area contributed by atoms with Crippen LogP contribution in [-0.2, 0) is 6.42 Å². The number of pyridine rings is 1. The molecule has 0 saturated heterocycles. The minimum Gasteiger partial charge on any atom is -0.366 e. The third-order valence-corrected chi connectivity index (χ3v) is 5.74. The number of anilines is 3. The normalized spacial score (nSPS) is 10.7. The lowest BCUT2D eigenvalue weighted by Gasteiger charge is -2.16. The van der Waals surface area contributed by atoms with Crippen LogP contribution in [-0.4, -0.2) is 10.9 Å². The number of amides is 1. The molecule has 0 bridgehead atoms. The van der Waals surface area contributed by atoms with Crippen molar-refractivity contribution in [1.29, 1.82) is 0 Å². The van der Waals surface area contributed by atoms with Gasteiger partial charge in [0.05, 0.1) is 29.1 Å². The van der Waals surface area contributed by atoms with Crippen molar-refractivity contribution < 1.29 is 22.4 Å². The molecule has 0 radical (unpaired) electrons. The van der Waals surface area contributed by atoms with Gasteiger partial charge >= 0.3 is 0 Å². The van der Waals surface area contributed by atoms with E-state index >= 15 is 4.39 Å². The van der Waals surface area contributed by atoms with Gasteiger partial charge in [0.2, 0.25) is 0 Å². The molecule has 0 saturated carbocycles. The molecule has 5 N–H and O–H groups in total. The van der Waals surface area contributed by atoms with Crippen LogP contribution in [0.1, 0.15) is 40.4 Å². The number of nitrogens with two attached hydrogens (primary N) is 1. The second-order valence-electron chi connectivity index (χ2n) is 7.63. The number of hydrogen-bond donors (Lipinski definition) is 4. The fourth-order valence-corrected chi connectivity index (χ4v) is 3.67. The van der Waals surface area contributed by atoms with Crippen LogP contribution in [0.5, 0.6) is 0 Å². The Morgan fingerprint density at radius 2 is 1.83 bits per heavy atom. The monoisotopic (exact) mass is 505 g/mol. The van der Waals surface area contributed by atoms with Crippen molar-refractivity contribution >= 4 is 35.2 Å². The molecule has 11 heteroatoms.